The minimum atomic E-state index is -1.01. The number of halogens is 1. The minimum Gasteiger partial charge on any atom is -0.480 e. The fourth-order valence-electron chi connectivity index (χ4n) is 2.35. The molecule has 6 heteroatoms. The highest BCUT2D eigenvalue weighted by Crippen LogP contribution is 2.23. The van der Waals surface area contributed by atoms with E-state index in [1.807, 2.05) is 0 Å². The summed E-state index contributed by atoms with van der Waals surface area (Å²) in [5, 5.41) is 9.57. The van der Waals surface area contributed by atoms with Crippen LogP contribution in [0.15, 0.2) is 48.9 Å². The van der Waals surface area contributed by atoms with Gasteiger partial charge in [-0.3, -0.25) is 14.6 Å². The van der Waals surface area contributed by atoms with Gasteiger partial charge in [0.25, 0.3) is 0 Å². The predicted octanol–water partition coefficient (Wildman–Crippen LogP) is 2.49. The molecule has 0 aliphatic rings. The number of carboxylic acids is 1. The van der Waals surface area contributed by atoms with Crippen molar-refractivity contribution in [2.24, 2.45) is 0 Å². The van der Waals surface area contributed by atoms with E-state index in [2.05, 4.69) is 4.98 Å². The molecule has 5 nitrogen and oxygen atoms in total. The average molecular weight is 298 g/mol. The number of carbonyl (C=O) groups is 2. The number of hydrogen-bond acceptors (Lipinski definition) is 3. The van der Waals surface area contributed by atoms with Crippen molar-refractivity contribution in [1.82, 2.24) is 9.55 Å². The van der Waals surface area contributed by atoms with Crippen molar-refractivity contribution in [1.29, 1.82) is 0 Å². The molecular weight excluding hydrogens is 287 g/mol. The molecule has 0 radical (unpaired) electrons. The Morgan fingerprint density at radius 3 is 2.59 bits per heavy atom. The van der Waals surface area contributed by atoms with Crippen molar-refractivity contribution in [3.05, 3.63) is 65.9 Å². The summed E-state index contributed by atoms with van der Waals surface area (Å²) in [6, 6.07) is 6.89. The summed E-state index contributed by atoms with van der Waals surface area (Å²) in [4.78, 5) is 27.5. The van der Waals surface area contributed by atoms with Crippen molar-refractivity contribution in [3.63, 3.8) is 0 Å². The summed E-state index contributed by atoms with van der Waals surface area (Å²) in [6.07, 6.45) is 4.54. The first-order valence-electron chi connectivity index (χ1n) is 6.51. The lowest BCUT2D eigenvalue weighted by Crippen LogP contribution is -2.07. The Hall–Kier alpha value is -3.02. The molecule has 1 N–H and O–H groups in total. The Bertz CT molecular complexity index is 869. The maximum absolute atomic E-state index is 13.0. The van der Waals surface area contributed by atoms with Crippen LogP contribution in [0, 0.1) is 5.82 Å². The van der Waals surface area contributed by atoms with Crippen molar-refractivity contribution >= 4 is 22.7 Å². The smallest absolute Gasteiger partial charge is 0.323 e. The van der Waals surface area contributed by atoms with Crippen LogP contribution in [0.5, 0.6) is 0 Å². The van der Waals surface area contributed by atoms with Gasteiger partial charge in [0.05, 0.1) is 11.7 Å². The molecule has 110 valence electrons. The number of carboxylic acid groups (broad SMARTS) is 1. The molecule has 0 fully saturated rings. The molecule has 0 spiro atoms. The van der Waals surface area contributed by atoms with Crippen LogP contribution in [0.3, 0.4) is 0 Å². The monoisotopic (exact) mass is 298 g/mol. The summed E-state index contributed by atoms with van der Waals surface area (Å²) in [5.74, 6) is -1.73. The second-order valence-electron chi connectivity index (χ2n) is 4.79. The van der Waals surface area contributed by atoms with Gasteiger partial charge in [-0.2, -0.15) is 0 Å². The second-order valence-corrected chi connectivity index (χ2v) is 4.79. The lowest BCUT2D eigenvalue weighted by atomic mass is 10.0. The van der Waals surface area contributed by atoms with E-state index in [0.717, 1.165) is 0 Å². The standard InChI is InChI=1S/C16H11FN2O3/c17-11-3-1-10(2-4-11)16(22)13-8-19(9-15(20)21)14-7-18-6-5-12(13)14/h1-8H,9H2,(H,20,21). The maximum atomic E-state index is 13.0. The SMILES string of the molecule is O=C(O)Cn1cc(C(=O)c2ccc(F)cc2)c2ccncc21. The molecule has 0 amide bonds. The fraction of sp³-hybridized carbons (Fsp3) is 0.0625. The van der Waals surface area contributed by atoms with E-state index in [-0.39, 0.29) is 12.3 Å². The first-order valence-corrected chi connectivity index (χ1v) is 6.51. The number of aliphatic carboxylic acids is 1. The van der Waals surface area contributed by atoms with Crippen LogP contribution in [0.2, 0.25) is 0 Å². The third kappa shape index (κ3) is 2.46. The molecule has 3 aromatic rings. The molecule has 0 bridgehead atoms. The Balaban J connectivity index is 2.12. The summed E-state index contributed by atoms with van der Waals surface area (Å²) >= 11 is 0. The van der Waals surface area contributed by atoms with Gasteiger partial charge in [0.2, 0.25) is 0 Å². The van der Waals surface area contributed by atoms with E-state index in [1.54, 1.807) is 6.07 Å². The molecule has 2 aromatic heterocycles. The van der Waals surface area contributed by atoms with Crippen LogP contribution in [0.1, 0.15) is 15.9 Å². The molecule has 2 heterocycles. The number of fused-ring (bicyclic) bond motifs is 1. The Labute approximate surface area is 124 Å². The van der Waals surface area contributed by atoms with E-state index in [9.17, 15) is 14.0 Å². The Kier molecular flexibility index (Phi) is 3.42. The lowest BCUT2D eigenvalue weighted by Gasteiger charge is -1.99. The maximum Gasteiger partial charge on any atom is 0.323 e. The second kappa shape index (κ2) is 5.40. The van der Waals surface area contributed by atoms with Crippen LogP contribution < -0.4 is 0 Å². The Morgan fingerprint density at radius 1 is 1.18 bits per heavy atom. The highest BCUT2D eigenvalue weighted by molar-refractivity contribution is 6.16. The molecule has 0 aliphatic heterocycles. The van der Waals surface area contributed by atoms with Gasteiger partial charge in [-0.05, 0) is 30.3 Å². The summed E-state index contributed by atoms with van der Waals surface area (Å²) in [6.45, 7) is -0.265. The quantitative estimate of drug-likeness (QED) is 0.751. The first-order chi connectivity index (χ1) is 10.6. The molecular formula is C16H11FN2O3. The first kappa shape index (κ1) is 13.9. The van der Waals surface area contributed by atoms with E-state index in [0.29, 0.717) is 22.0 Å². The number of pyridine rings is 1. The normalized spacial score (nSPS) is 10.8. The van der Waals surface area contributed by atoms with E-state index in [1.165, 1.54) is 47.4 Å². The largest absolute Gasteiger partial charge is 0.480 e. The van der Waals surface area contributed by atoms with Crippen LogP contribution in [-0.4, -0.2) is 26.4 Å². The molecule has 0 saturated heterocycles. The topological polar surface area (TPSA) is 72.2 Å². The van der Waals surface area contributed by atoms with Gasteiger partial charge >= 0.3 is 5.97 Å². The highest BCUT2D eigenvalue weighted by Gasteiger charge is 2.17. The number of hydrogen-bond donors (Lipinski definition) is 1. The van der Waals surface area contributed by atoms with Gasteiger partial charge in [-0.25, -0.2) is 4.39 Å². The summed E-state index contributed by atoms with van der Waals surface area (Å²) in [7, 11) is 0. The molecule has 0 atom stereocenters. The molecule has 3 rings (SSSR count). The van der Waals surface area contributed by atoms with E-state index in [4.69, 9.17) is 5.11 Å². The van der Waals surface area contributed by atoms with Crippen molar-refractivity contribution in [3.8, 4) is 0 Å². The fourth-order valence-corrected chi connectivity index (χ4v) is 2.35. The number of ketones is 1. The van der Waals surface area contributed by atoms with E-state index >= 15 is 0 Å². The molecule has 0 saturated carbocycles. The van der Waals surface area contributed by atoms with Crippen LogP contribution in [0.25, 0.3) is 10.9 Å². The van der Waals surface area contributed by atoms with Gasteiger partial charge in [-0.15, -0.1) is 0 Å². The third-order valence-electron chi connectivity index (χ3n) is 3.34. The van der Waals surface area contributed by atoms with Gasteiger partial charge in [0, 0.05) is 28.9 Å². The zero-order valence-corrected chi connectivity index (χ0v) is 11.4. The Morgan fingerprint density at radius 2 is 1.91 bits per heavy atom. The third-order valence-corrected chi connectivity index (χ3v) is 3.34. The highest BCUT2D eigenvalue weighted by atomic mass is 19.1. The van der Waals surface area contributed by atoms with Crippen LogP contribution in [-0.2, 0) is 11.3 Å². The number of benzene rings is 1. The number of nitrogens with zero attached hydrogens (tertiary/aromatic N) is 2. The van der Waals surface area contributed by atoms with Gasteiger partial charge in [0.1, 0.15) is 12.4 Å². The minimum absolute atomic E-state index is 0.265. The van der Waals surface area contributed by atoms with Crippen molar-refractivity contribution < 1.29 is 19.1 Å². The van der Waals surface area contributed by atoms with Crippen LogP contribution in [0.4, 0.5) is 4.39 Å². The number of aromatic nitrogens is 2. The number of rotatable bonds is 4. The van der Waals surface area contributed by atoms with Crippen molar-refractivity contribution in [2.45, 2.75) is 6.54 Å². The molecule has 0 unspecified atom stereocenters. The zero-order chi connectivity index (χ0) is 15.7. The van der Waals surface area contributed by atoms with Gasteiger partial charge in [-0.1, -0.05) is 0 Å². The zero-order valence-electron chi connectivity index (χ0n) is 11.4. The average Bonchev–Trinajstić information content (AvgIpc) is 2.86. The van der Waals surface area contributed by atoms with E-state index < -0.39 is 11.8 Å². The van der Waals surface area contributed by atoms with Crippen LogP contribution >= 0.6 is 0 Å². The lowest BCUT2D eigenvalue weighted by molar-refractivity contribution is -0.137. The molecule has 22 heavy (non-hydrogen) atoms. The predicted molar refractivity (Wildman–Crippen MR) is 77.2 cm³/mol. The van der Waals surface area contributed by atoms with Gasteiger partial charge in [0.15, 0.2) is 5.78 Å². The summed E-state index contributed by atoms with van der Waals surface area (Å²) < 4.78 is 14.4. The van der Waals surface area contributed by atoms with Crippen molar-refractivity contribution in [2.75, 3.05) is 0 Å². The van der Waals surface area contributed by atoms with Gasteiger partial charge < -0.3 is 9.67 Å². The molecule has 1 aromatic carbocycles. The molecule has 0 aliphatic carbocycles. The summed E-state index contributed by atoms with van der Waals surface area (Å²) in [5.41, 5.74) is 1.27. The number of carbonyl (C=O) groups excluding carboxylic acids is 1.